The lowest BCUT2D eigenvalue weighted by Crippen LogP contribution is -2.43. The maximum Gasteiger partial charge on any atom is 0.191 e. The molecule has 0 unspecified atom stereocenters. The molecule has 29 heavy (non-hydrogen) atoms. The van der Waals surface area contributed by atoms with E-state index in [0.29, 0.717) is 12.0 Å². The van der Waals surface area contributed by atoms with Crippen molar-refractivity contribution >= 4 is 41.3 Å². The molecular formula is C22H33IN4OS. The predicted octanol–water partition coefficient (Wildman–Crippen LogP) is 5.08. The van der Waals surface area contributed by atoms with Crippen molar-refractivity contribution in [2.75, 3.05) is 26.8 Å². The van der Waals surface area contributed by atoms with E-state index >= 15 is 0 Å². The Labute approximate surface area is 195 Å². The summed E-state index contributed by atoms with van der Waals surface area (Å²) >= 11 is 1.68. The minimum atomic E-state index is 0. The van der Waals surface area contributed by atoms with Gasteiger partial charge in [-0.05, 0) is 31.6 Å². The maximum atomic E-state index is 5.62. The van der Waals surface area contributed by atoms with Crippen LogP contribution in [0, 0.1) is 5.41 Å². The molecule has 160 valence electrons. The number of aliphatic imine (C=N–C) groups is 1. The third-order valence-corrected chi connectivity index (χ3v) is 6.38. The van der Waals surface area contributed by atoms with Gasteiger partial charge >= 0.3 is 0 Å². The van der Waals surface area contributed by atoms with Crippen LogP contribution >= 0.6 is 35.3 Å². The van der Waals surface area contributed by atoms with Crippen molar-refractivity contribution < 1.29 is 4.74 Å². The van der Waals surface area contributed by atoms with Gasteiger partial charge in [0.05, 0.1) is 12.2 Å². The minimum absolute atomic E-state index is 0. The second-order valence-corrected chi connectivity index (χ2v) is 8.37. The molecule has 1 saturated carbocycles. The molecule has 0 aliphatic heterocycles. The van der Waals surface area contributed by atoms with Crippen molar-refractivity contribution in [3.8, 4) is 11.3 Å². The molecule has 1 heterocycles. The highest BCUT2D eigenvalue weighted by Crippen LogP contribution is 2.40. The molecule has 7 heteroatoms. The minimum Gasteiger partial charge on any atom is -0.382 e. The van der Waals surface area contributed by atoms with Gasteiger partial charge in [0.15, 0.2) is 5.96 Å². The molecule has 1 aliphatic carbocycles. The highest BCUT2D eigenvalue weighted by atomic mass is 127. The average Bonchev–Trinajstić information content (AvgIpc) is 3.39. The normalized spacial score (nSPS) is 15.7. The molecule has 1 aromatic heterocycles. The molecule has 0 saturated heterocycles. The lowest BCUT2D eigenvalue weighted by molar-refractivity contribution is 0.105. The summed E-state index contributed by atoms with van der Waals surface area (Å²) < 4.78 is 5.62. The van der Waals surface area contributed by atoms with Crippen molar-refractivity contribution in [1.82, 2.24) is 15.6 Å². The van der Waals surface area contributed by atoms with Gasteiger partial charge in [0.25, 0.3) is 0 Å². The van der Waals surface area contributed by atoms with E-state index < -0.39 is 0 Å². The highest BCUT2D eigenvalue weighted by Gasteiger charge is 2.33. The van der Waals surface area contributed by atoms with E-state index in [1.165, 1.54) is 25.7 Å². The number of thiazole rings is 1. The van der Waals surface area contributed by atoms with E-state index in [-0.39, 0.29) is 24.0 Å². The van der Waals surface area contributed by atoms with Crippen LogP contribution < -0.4 is 10.6 Å². The summed E-state index contributed by atoms with van der Waals surface area (Å²) in [5.41, 5.74) is 2.53. The number of aromatic nitrogens is 1. The predicted molar refractivity (Wildman–Crippen MR) is 133 cm³/mol. The third kappa shape index (κ3) is 7.22. The van der Waals surface area contributed by atoms with Gasteiger partial charge in [-0.25, -0.2) is 4.98 Å². The van der Waals surface area contributed by atoms with E-state index in [9.17, 15) is 0 Å². The van der Waals surface area contributed by atoms with E-state index in [1.54, 1.807) is 11.3 Å². The Morgan fingerprint density at radius 3 is 2.66 bits per heavy atom. The number of ether oxygens (including phenoxy) is 1. The fraction of sp³-hybridized carbons (Fsp3) is 0.545. The second kappa shape index (κ2) is 12.5. The first kappa shape index (κ1) is 24.1. The molecular weight excluding hydrogens is 495 g/mol. The van der Waals surface area contributed by atoms with Crippen LogP contribution in [0.4, 0.5) is 0 Å². The molecule has 0 amide bonds. The zero-order valence-electron chi connectivity index (χ0n) is 17.4. The Balaban J connectivity index is 0.00000300. The molecule has 0 radical (unpaired) electrons. The van der Waals surface area contributed by atoms with Crippen LogP contribution in [0.5, 0.6) is 0 Å². The summed E-state index contributed by atoms with van der Waals surface area (Å²) in [6, 6.07) is 10.3. The first-order valence-corrected chi connectivity index (χ1v) is 11.1. The standard InChI is InChI=1S/C22H32N4OS.HI/c1-3-27-14-13-22(11-7-8-12-22)17-25-21(23-2)24-15-20-26-19(16-28-20)18-9-5-4-6-10-18;/h4-6,9-10,16H,3,7-8,11-15,17H2,1-2H3,(H2,23,24,25);1H. The molecule has 1 aliphatic rings. The number of guanidine groups is 1. The zero-order chi connectivity index (χ0) is 19.7. The number of benzene rings is 1. The summed E-state index contributed by atoms with van der Waals surface area (Å²) in [4.78, 5) is 9.14. The van der Waals surface area contributed by atoms with Crippen molar-refractivity contribution in [2.24, 2.45) is 10.4 Å². The lowest BCUT2D eigenvalue weighted by atomic mass is 9.83. The van der Waals surface area contributed by atoms with Crippen LogP contribution in [0.3, 0.4) is 0 Å². The van der Waals surface area contributed by atoms with Crippen molar-refractivity contribution in [1.29, 1.82) is 0 Å². The molecule has 2 N–H and O–H groups in total. The first-order valence-electron chi connectivity index (χ1n) is 10.3. The highest BCUT2D eigenvalue weighted by molar-refractivity contribution is 14.0. The van der Waals surface area contributed by atoms with Crippen LogP contribution in [0.25, 0.3) is 11.3 Å². The summed E-state index contributed by atoms with van der Waals surface area (Å²) in [7, 11) is 1.83. The van der Waals surface area contributed by atoms with E-state index in [2.05, 4.69) is 40.1 Å². The van der Waals surface area contributed by atoms with Gasteiger partial charge in [-0.1, -0.05) is 43.2 Å². The maximum absolute atomic E-state index is 5.62. The number of hydrogen-bond donors (Lipinski definition) is 2. The molecule has 0 spiro atoms. The molecule has 1 aromatic carbocycles. The summed E-state index contributed by atoms with van der Waals surface area (Å²) in [5, 5.41) is 10.1. The summed E-state index contributed by atoms with van der Waals surface area (Å²) in [6.45, 7) is 5.35. The number of rotatable bonds is 9. The Bertz CT molecular complexity index is 744. The molecule has 3 rings (SSSR count). The van der Waals surface area contributed by atoms with Crippen LogP contribution in [-0.2, 0) is 11.3 Å². The summed E-state index contributed by atoms with van der Waals surface area (Å²) in [5.74, 6) is 0.846. The second-order valence-electron chi connectivity index (χ2n) is 7.43. The Kier molecular flexibility index (Phi) is 10.4. The Hall–Kier alpha value is -1.19. The fourth-order valence-electron chi connectivity index (χ4n) is 3.86. The SMILES string of the molecule is CCOCCC1(CNC(=NC)NCc2nc(-c3ccccc3)cs2)CCCC1.I. The number of nitrogens with one attached hydrogen (secondary N) is 2. The van der Waals surface area contributed by atoms with Crippen LogP contribution in [0.1, 0.15) is 44.0 Å². The van der Waals surface area contributed by atoms with E-state index in [4.69, 9.17) is 9.72 Å². The van der Waals surface area contributed by atoms with Gasteiger partial charge in [0.2, 0.25) is 0 Å². The molecule has 5 nitrogen and oxygen atoms in total. The number of nitrogens with zero attached hydrogens (tertiary/aromatic N) is 2. The zero-order valence-corrected chi connectivity index (χ0v) is 20.6. The van der Waals surface area contributed by atoms with Crippen LogP contribution in [-0.4, -0.2) is 37.7 Å². The van der Waals surface area contributed by atoms with Gasteiger partial charge in [-0.3, -0.25) is 4.99 Å². The first-order chi connectivity index (χ1) is 13.7. The van der Waals surface area contributed by atoms with Crippen molar-refractivity contribution in [2.45, 2.75) is 45.6 Å². The molecule has 1 fully saturated rings. The Morgan fingerprint density at radius 1 is 1.21 bits per heavy atom. The number of halogens is 1. The average molecular weight is 529 g/mol. The van der Waals surface area contributed by atoms with E-state index in [1.807, 2.05) is 25.2 Å². The Morgan fingerprint density at radius 2 is 1.97 bits per heavy atom. The fourth-order valence-corrected chi connectivity index (χ4v) is 4.60. The topological polar surface area (TPSA) is 58.5 Å². The molecule has 2 aromatic rings. The van der Waals surface area contributed by atoms with Crippen LogP contribution in [0.2, 0.25) is 0 Å². The smallest absolute Gasteiger partial charge is 0.191 e. The van der Waals surface area contributed by atoms with Gasteiger partial charge in [-0.2, -0.15) is 0 Å². The molecule has 0 bridgehead atoms. The quantitative estimate of drug-likeness (QED) is 0.206. The number of hydrogen-bond acceptors (Lipinski definition) is 4. The monoisotopic (exact) mass is 528 g/mol. The van der Waals surface area contributed by atoms with Gasteiger partial charge in [0.1, 0.15) is 5.01 Å². The van der Waals surface area contributed by atoms with Gasteiger partial charge < -0.3 is 15.4 Å². The van der Waals surface area contributed by atoms with Gasteiger partial charge in [-0.15, -0.1) is 35.3 Å². The van der Waals surface area contributed by atoms with Crippen LogP contribution in [0.15, 0.2) is 40.7 Å². The van der Waals surface area contributed by atoms with Gasteiger partial charge in [0, 0.05) is 37.7 Å². The lowest BCUT2D eigenvalue weighted by Gasteiger charge is -2.30. The van der Waals surface area contributed by atoms with Crippen molar-refractivity contribution in [3.63, 3.8) is 0 Å². The molecule has 0 atom stereocenters. The van der Waals surface area contributed by atoms with Crippen molar-refractivity contribution in [3.05, 3.63) is 40.7 Å². The van der Waals surface area contributed by atoms with E-state index in [0.717, 1.165) is 48.4 Å². The third-order valence-electron chi connectivity index (χ3n) is 5.53. The largest absolute Gasteiger partial charge is 0.382 e. The summed E-state index contributed by atoms with van der Waals surface area (Å²) in [6.07, 6.45) is 6.31.